The number of nitrogens with one attached hydrogen (secondary N) is 2. The van der Waals surface area contributed by atoms with E-state index in [4.69, 9.17) is 9.47 Å². The van der Waals surface area contributed by atoms with Crippen LogP contribution < -0.4 is 14.8 Å². The second kappa shape index (κ2) is 10.2. The number of benzene rings is 2. The van der Waals surface area contributed by atoms with Crippen LogP contribution in [0.1, 0.15) is 26.3 Å². The third kappa shape index (κ3) is 5.89. The molecular formula is C22H25BrN4O4S. The van der Waals surface area contributed by atoms with Crippen LogP contribution in [0.2, 0.25) is 0 Å². The molecule has 1 heterocycles. The van der Waals surface area contributed by atoms with Crippen molar-refractivity contribution in [3.8, 4) is 5.75 Å². The van der Waals surface area contributed by atoms with Crippen LogP contribution in [0.5, 0.6) is 5.75 Å². The SMILES string of the molecule is C=S(=O)(NC(=O)OCC)c1ccc(COc2cc3ncnc(NC(C)C)c3cc2Br)cc1. The van der Waals surface area contributed by atoms with Gasteiger partial charge in [-0.15, -0.1) is 0 Å². The maximum absolute atomic E-state index is 12.6. The quantitative estimate of drug-likeness (QED) is 0.420. The van der Waals surface area contributed by atoms with Crippen molar-refractivity contribution in [2.24, 2.45) is 0 Å². The van der Waals surface area contributed by atoms with E-state index in [1.165, 1.54) is 6.33 Å². The number of halogens is 1. The van der Waals surface area contributed by atoms with Gasteiger partial charge >= 0.3 is 6.09 Å². The Morgan fingerprint density at radius 3 is 2.59 bits per heavy atom. The summed E-state index contributed by atoms with van der Waals surface area (Å²) in [7, 11) is -3.00. The van der Waals surface area contributed by atoms with Crippen molar-refractivity contribution in [1.82, 2.24) is 14.7 Å². The number of fused-ring (bicyclic) bond motifs is 1. The number of hydrogen-bond acceptors (Lipinski definition) is 7. The number of ether oxygens (including phenoxy) is 2. The van der Waals surface area contributed by atoms with E-state index in [-0.39, 0.29) is 19.3 Å². The second-order valence-electron chi connectivity index (χ2n) is 7.25. The highest BCUT2D eigenvalue weighted by Gasteiger charge is 2.13. The van der Waals surface area contributed by atoms with Crippen molar-refractivity contribution in [3.63, 3.8) is 0 Å². The van der Waals surface area contributed by atoms with Crippen molar-refractivity contribution in [1.29, 1.82) is 0 Å². The number of aromatic nitrogens is 2. The minimum Gasteiger partial charge on any atom is -0.488 e. The van der Waals surface area contributed by atoms with Gasteiger partial charge in [0.2, 0.25) is 0 Å². The molecule has 3 aromatic rings. The average molecular weight is 521 g/mol. The Labute approximate surface area is 196 Å². The van der Waals surface area contributed by atoms with E-state index >= 15 is 0 Å². The Morgan fingerprint density at radius 1 is 1.22 bits per heavy atom. The van der Waals surface area contributed by atoms with Crippen LogP contribution in [-0.2, 0) is 21.1 Å². The van der Waals surface area contributed by atoms with Crippen LogP contribution in [0, 0.1) is 0 Å². The van der Waals surface area contributed by atoms with Crippen molar-refractivity contribution in [2.75, 3.05) is 11.9 Å². The number of hydrogen-bond donors (Lipinski definition) is 2. The maximum atomic E-state index is 12.6. The van der Waals surface area contributed by atoms with Crippen LogP contribution in [0.4, 0.5) is 10.6 Å². The molecule has 1 amide bonds. The molecule has 1 unspecified atom stereocenters. The lowest BCUT2D eigenvalue weighted by molar-refractivity contribution is 0.159. The van der Waals surface area contributed by atoms with Gasteiger partial charge < -0.3 is 14.8 Å². The fraction of sp³-hybridized carbons (Fsp3) is 0.273. The average Bonchev–Trinajstić information content (AvgIpc) is 2.72. The summed E-state index contributed by atoms with van der Waals surface area (Å²) in [5.74, 6) is 5.02. The van der Waals surface area contributed by atoms with Crippen LogP contribution in [0.25, 0.3) is 10.9 Å². The summed E-state index contributed by atoms with van der Waals surface area (Å²) in [6.07, 6.45) is 0.751. The van der Waals surface area contributed by atoms with E-state index in [0.717, 1.165) is 26.8 Å². The van der Waals surface area contributed by atoms with Crippen molar-refractivity contribution >= 4 is 54.3 Å². The Hall–Kier alpha value is -2.85. The largest absolute Gasteiger partial charge is 0.488 e. The smallest absolute Gasteiger partial charge is 0.418 e. The zero-order valence-electron chi connectivity index (χ0n) is 18.1. The van der Waals surface area contributed by atoms with Gasteiger partial charge in [-0.2, -0.15) is 0 Å². The molecule has 0 saturated carbocycles. The molecule has 1 atom stereocenters. The van der Waals surface area contributed by atoms with Gasteiger partial charge in [-0.3, -0.25) is 0 Å². The molecule has 2 N–H and O–H groups in total. The Morgan fingerprint density at radius 2 is 1.94 bits per heavy atom. The highest BCUT2D eigenvalue weighted by molar-refractivity contribution is 9.10. The molecule has 0 aliphatic carbocycles. The van der Waals surface area contributed by atoms with Gasteiger partial charge in [0.15, 0.2) is 0 Å². The number of carbonyl (C=O) groups excluding carboxylic acids is 1. The van der Waals surface area contributed by atoms with Crippen molar-refractivity contribution in [3.05, 3.63) is 52.8 Å². The Kier molecular flexibility index (Phi) is 7.57. The van der Waals surface area contributed by atoms with Crippen molar-refractivity contribution in [2.45, 2.75) is 38.3 Å². The molecule has 0 saturated heterocycles. The predicted molar refractivity (Wildman–Crippen MR) is 130 cm³/mol. The van der Waals surface area contributed by atoms with E-state index in [1.807, 2.05) is 26.0 Å². The molecule has 3 rings (SSSR count). The van der Waals surface area contributed by atoms with Crippen LogP contribution in [0.15, 0.2) is 52.1 Å². The molecule has 170 valence electrons. The maximum Gasteiger partial charge on any atom is 0.418 e. The van der Waals surface area contributed by atoms with Gasteiger partial charge in [-0.25, -0.2) is 23.7 Å². The lowest BCUT2D eigenvalue weighted by Crippen LogP contribution is -2.30. The third-order valence-electron chi connectivity index (χ3n) is 4.34. The highest BCUT2D eigenvalue weighted by atomic mass is 79.9. The van der Waals surface area contributed by atoms with Crippen LogP contribution >= 0.6 is 15.9 Å². The number of amides is 1. The lowest BCUT2D eigenvalue weighted by Gasteiger charge is -2.14. The van der Waals surface area contributed by atoms with Gasteiger partial charge in [0, 0.05) is 22.4 Å². The number of nitrogens with zero attached hydrogens (tertiary/aromatic N) is 2. The second-order valence-corrected chi connectivity index (χ2v) is 10.1. The summed E-state index contributed by atoms with van der Waals surface area (Å²) in [6.45, 7) is 6.23. The van der Waals surface area contributed by atoms with E-state index < -0.39 is 15.8 Å². The first-order valence-electron chi connectivity index (χ1n) is 9.94. The molecule has 0 bridgehead atoms. The van der Waals surface area contributed by atoms with E-state index in [9.17, 15) is 9.00 Å². The number of anilines is 1. The normalized spacial score (nSPS) is 12.9. The van der Waals surface area contributed by atoms with E-state index in [0.29, 0.717) is 10.6 Å². The Bertz CT molecular complexity index is 1210. The summed E-state index contributed by atoms with van der Waals surface area (Å²) >= 11 is 3.56. The number of rotatable bonds is 8. The first-order valence-corrected chi connectivity index (χ1v) is 12.5. The topological polar surface area (TPSA) is 102 Å². The molecule has 2 aromatic carbocycles. The van der Waals surface area contributed by atoms with Crippen LogP contribution in [-0.4, -0.2) is 38.8 Å². The monoisotopic (exact) mass is 520 g/mol. The van der Waals surface area contributed by atoms with Gasteiger partial charge in [0.05, 0.1) is 26.3 Å². The zero-order chi connectivity index (χ0) is 23.3. The molecule has 32 heavy (non-hydrogen) atoms. The molecule has 0 spiro atoms. The molecule has 0 radical (unpaired) electrons. The first-order chi connectivity index (χ1) is 15.2. The summed E-state index contributed by atoms with van der Waals surface area (Å²) in [5.41, 5.74) is 1.62. The molecule has 0 aliphatic heterocycles. The third-order valence-corrected chi connectivity index (χ3v) is 6.49. The molecule has 0 aliphatic rings. The summed E-state index contributed by atoms with van der Waals surface area (Å²) in [4.78, 5) is 20.6. The minimum atomic E-state index is -3.00. The molecule has 1 aromatic heterocycles. The fourth-order valence-corrected chi connectivity index (χ4v) is 4.36. The fourth-order valence-electron chi connectivity index (χ4n) is 2.88. The standard InChI is InChI=1S/C22H25BrN4O4S/c1-5-30-22(28)27-32(4,29)16-8-6-15(7-9-16)12-31-20-11-19-17(10-18(20)23)21(25-13-24-19)26-14(2)3/h6-11,13-14H,4-5,12H2,1-3H3,(H,24,25,26)(H,27,28,29). The van der Waals surface area contributed by atoms with Crippen molar-refractivity contribution < 1.29 is 18.5 Å². The first kappa shape index (κ1) is 23.8. The molecular weight excluding hydrogens is 496 g/mol. The van der Waals surface area contributed by atoms with E-state index in [1.54, 1.807) is 31.2 Å². The summed E-state index contributed by atoms with van der Waals surface area (Å²) < 4.78 is 26.5. The van der Waals surface area contributed by atoms with Crippen LogP contribution in [0.3, 0.4) is 0 Å². The van der Waals surface area contributed by atoms with Gasteiger partial charge in [-0.05, 0) is 66.3 Å². The number of carbonyl (C=O) groups is 1. The lowest BCUT2D eigenvalue weighted by atomic mass is 10.2. The highest BCUT2D eigenvalue weighted by Crippen LogP contribution is 2.32. The molecule has 8 nitrogen and oxygen atoms in total. The van der Waals surface area contributed by atoms with Gasteiger partial charge in [0.1, 0.15) is 24.5 Å². The predicted octanol–water partition coefficient (Wildman–Crippen LogP) is 4.53. The van der Waals surface area contributed by atoms with Gasteiger partial charge in [-0.1, -0.05) is 12.1 Å². The zero-order valence-corrected chi connectivity index (χ0v) is 20.5. The summed E-state index contributed by atoms with van der Waals surface area (Å²) in [5, 5.41) is 4.21. The van der Waals surface area contributed by atoms with E-state index in [2.05, 4.69) is 41.8 Å². The molecule has 0 fully saturated rings. The molecule has 10 heteroatoms. The minimum absolute atomic E-state index is 0.184. The van der Waals surface area contributed by atoms with Gasteiger partial charge in [0.25, 0.3) is 0 Å². The summed E-state index contributed by atoms with van der Waals surface area (Å²) in [6, 6.07) is 10.9. The Balaban J connectivity index is 1.73.